The number of benzene rings is 1. The van der Waals surface area contributed by atoms with Crippen LogP contribution in [-0.4, -0.2) is 48.0 Å². The van der Waals surface area contributed by atoms with Gasteiger partial charge in [0, 0.05) is 6.54 Å². The minimum absolute atomic E-state index is 0.135. The average molecular weight is 319 g/mol. The van der Waals surface area contributed by atoms with Crippen molar-refractivity contribution in [2.75, 3.05) is 26.2 Å². The molecule has 1 fully saturated rings. The second-order valence-electron chi connectivity index (χ2n) is 7.51. The van der Waals surface area contributed by atoms with Gasteiger partial charge in [-0.25, -0.2) is 0 Å². The van der Waals surface area contributed by atoms with Gasteiger partial charge in [0.25, 0.3) is 0 Å². The first-order valence-corrected chi connectivity index (χ1v) is 9.07. The Morgan fingerprint density at radius 1 is 1.22 bits per heavy atom. The van der Waals surface area contributed by atoms with Crippen molar-refractivity contribution >= 4 is 0 Å². The maximum absolute atomic E-state index is 10.2. The summed E-state index contributed by atoms with van der Waals surface area (Å²) >= 11 is 0. The normalized spacial score (nSPS) is 19.0. The van der Waals surface area contributed by atoms with Crippen molar-refractivity contribution < 1.29 is 9.84 Å². The Hall–Kier alpha value is -0.900. The number of nitrogens with zero attached hydrogens (tertiary/aromatic N) is 1. The number of piperidine rings is 1. The smallest absolute Gasteiger partial charge is 0.0900 e. The summed E-state index contributed by atoms with van der Waals surface area (Å²) in [5.74, 6) is 0.779. The predicted molar refractivity (Wildman–Crippen MR) is 95.6 cm³/mol. The lowest BCUT2D eigenvalue weighted by atomic mass is 9.90. The van der Waals surface area contributed by atoms with Crippen LogP contribution in [0, 0.1) is 5.92 Å². The Bertz CT molecular complexity index is 438. The van der Waals surface area contributed by atoms with Gasteiger partial charge in [0.05, 0.1) is 18.3 Å². The van der Waals surface area contributed by atoms with Crippen molar-refractivity contribution in [2.24, 2.45) is 5.92 Å². The van der Waals surface area contributed by atoms with Gasteiger partial charge in [-0.15, -0.1) is 0 Å². The maximum atomic E-state index is 10.2. The Morgan fingerprint density at radius 3 is 2.48 bits per heavy atom. The van der Waals surface area contributed by atoms with E-state index in [9.17, 15) is 5.11 Å². The van der Waals surface area contributed by atoms with Gasteiger partial charge in [-0.05, 0) is 64.1 Å². The van der Waals surface area contributed by atoms with Crippen molar-refractivity contribution in [3.05, 3.63) is 35.9 Å². The van der Waals surface area contributed by atoms with Crippen molar-refractivity contribution in [1.29, 1.82) is 0 Å². The van der Waals surface area contributed by atoms with Crippen LogP contribution in [0.25, 0.3) is 0 Å². The van der Waals surface area contributed by atoms with E-state index in [-0.39, 0.29) is 11.7 Å². The lowest BCUT2D eigenvalue weighted by Crippen LogP contribution is -2.41. The predicted octanol–water partition coefficient (Wildman–Crippen LogP) is 3.51. The summed E-state index contributed by atoms with van der Waals surface area (Å²) in [5, 5.41) is 10.2. The van der Waals surface area contributed by atoms with E-state index in [2.05, 4.69) is 56.0 Å². The number of rotatable bonds is 8. The van der Waals surface area contributed by atoms with Gasteiger partial charge in [0.15, 0.2) is 0 Å². The molecule has 0 radical (unpaired) electrons. The summed E-state index contributed by atoms with van der Waals surface area (Å²) in [7, 11) is 0. The number of ether oxygens (including phenoxy) is 1. The Balaban J connectivity index is 1.66. The minimum atomic E-state index is -0.383. The van der Waals surface area contributed by atoms with E-state index in [1.165, 1.54) is 24.8 Å². The Morgan fingerprint density at radius 2 is 1.87 bits per heavy atom. The fourth-order valence-electron chi connectivity index (χ4n) is 3.10. The third-order valence-electron chi connectivity index (χ3n) is 5.06. The molecule has 0 bridgehead atoms. The van der Waals surface area contributed by atoms with Crippen molar-refractivity contribution in [3.8, 4) is 0 Å². The molecule has 1 heterocycles. The fourth-order valence-corrected chi connectivity index (χ4v) is 3.10. The fraction of sp³-hybridized carbons (Fsp3) is 0.700. The zero-order chi connectivity index (χ0) is 16.7. The zero-order valence-corrected chi connectivity index (χ0v) is 15.0. The standard InChI is InChI=1S/C20H33NO2/c1-4-20(2,3)23-16-19(22)15-21-12-10-18(11-13-21)14-17-8-6-5-7-9-17/h5-9,18-19,22H,4,10-16H2,1-3H3/t19-/m0/s1. The van der Waals surface area contributed by atoms with Crippen LogP contribution >= 0.6 is 0 Å². The van der Waals surface area contributed by atoms with Crippen LogP contribution < -0.4 is 0 Å². The molecule has 1 atom stereocenters. The lowest BCUT2D eigenvalue weighted by molar-refractivity contribution is -0.0686. The third-order valence-corrected chi connectivity index (χ3v) is 5.06. The van der Waals surface area contributed by atoms with Crippen LogP contribution in [0.3, 0.4) is 0 Å². The number of hydrogen-bond donors (Lipinski definition) is 1. The molecule has 3 nitrogen and oxygen atoms in total. The van der Waals surface area contributed by atoms with E-state index in [0.29, 0.717) is 6.61 Å². The molecule has 1 aliphatic heterocycles. The first-order valence-electron chi connectivity index (χ1n) is 9.07. The highest BCUT2D eigenvalue weighted by atomic mass is 16.5. The monoisotopic (exact) mass is 319 g/mol. The zero-order valence-electron chi connectivity index (χ0n) is 15.0. The van der Waals surface area contributed by atoms with Crippen molar-refractivity contribution in [3.63, 3.8) is 0 Å². The first kappa shape index (κ1) is 18.4. The molecule has 0 saturated carbocycles. The minimum Gasteiger partial charge on any atom is -0.389 e. The quantitative estimate of drug-likeness (QED) is 0.796. The number of hydrogen-bond acceptors (Lipinski definition) is 3. The highest BCUT2D eigenvalue weighted by Crippen LogP contribution is 2.22. The Labute approximate surface area is 141 Å². The van der Waals surface area contributed by atoms with E-state index in [1.807, 2.05) is 0 Å². The summed E-state index contributed by atoms with van der Waals surface area (Å²) in [6, 6.07) is 10.8. The maximum Gasteiger partial charge on any atom is 0.0900 e. The second-order valence-corrected chi connectivity index (χ2v) is 7.51. The van der Waals surface area contributed by atoms with Crippen LogP contribution in [0.5, 0.6) is 0 Å². The number of aliphatic hydroxyl groups excluding tert-OH is 1. The number of likely N-dealkylation sites (tertiary alicyclic amines) is 1. The van der Waals surface area contributed by atoms with E-state index in [1.54, 1.807) is 0 Å². The molecule has 0 unspecified atom stereocenters. The van der Waals surface area contributed by atoms with Gasteiger partial charge in [-0.2, -0.15) is 0 Å². The largest absolute Gasteiger partial charge is 0.389 e. The molecule has 1 aromatic rings. The van der Waals surface area contributed by atoms with Crippen molar-refractivity contribution in [1.82, 2.24) is 4.90 Å². The SMILES string of the molecule is CCC(C)(C)OC[C@@H](O)CN1CCC(Cc2ccccc2)CC1. The van der Waals surface area contributed by atoms with Crippen LogP contribution in [0.1, 0.15) is 45.6 Å². The molecule has 3 heteroatoms. The molecule has 0 aromatic heterocycles. The molecule has 2 rings (SSSR count). The summed E-state index contributed by atoms with van der Waals surface area (Å²) in [5.41, 5.74) is 1.31. The molecular weight excluding hydrogens is 286 g/mol. The van der Waals surface area contributed by atoms with Crippen LogP contribution in [-0.2, 0) is 11.2 Å². The molecule has 1 saturated heterocycles. The Kier molecular flexibility index (Phi) is 7.07. The van der Waals surface area contributed by atoms with Gasteiger partial charge in [-0.1, -0.05) is 37.3 Å². The molecule has 0 amide bonds. The molecule has 0 aliphatic carbocycles. The van der Waals surface area contributed by atoms with E-state index in [0.717, 1.165) is 32.0 Å². The van der Waals surface area contributed by atoms with Crippen LogP contribution in [0.4, 0.5) is 0 Å². The van der Waals surface area contributed by atoms with Gasteiger partial charge in [0.2, 0.25) is 0 Å². The highest BCUT2D eigenvalue weighted by molar-refractivity contribution is 5.15. The van der Waals surface area contributed by atoms with Crippen molar-refractivity contribution in [2.45, 2.75) is 58.2 Å². The molecule has 130 valence electrons. The van der Waals surface area contributed by atoms with Crippen LogP contribution in [0.15, 0.2) is 30.3 Å². The molecule has 1 aromatic carbocycles. The summed E-state index contributed by atoms with van der Waals surface area (Å²) < 4.78 is 5.81. The molecule has 0 spiro atoms. The molecule has 1 aliphatic rings. The topological polar surface area (TPSA) is 32.7 Å². The summed E-state index contributed by atoms with van der Waals surface area (Å²) in [6.45, 7) is 9.62. The third kappa shape index (κ3) is 6.62. The number of β-amino-alcohol motifs (C(OH)–C–C–N with tert-alkyl or cyclic N) is 1. The van der Waals surface area contributed by atoms with Gasteiger partial charge in [-0.3, -0.25) is 0 Å². The summed E-state index contributed by atoms with van der Waals surface area (Å²) in [4.78, 5) is 2.38. The highest BCUT2D eigenvalue weighted by Gasteiger charge is 2.23. The van der Waals surface area contributed by atoms with Crippen LogP contribution in [0.2, 0.25) is 0 Å². The first-order chi connectivity index (χ1) is 11.0. The van der Waals surface area contributed by atoms with Gasteiger partial charge < -0.3 is 14.7 Å². The van der Waals surface area contributed by atoms with Gasteiger partial charge >= 0.3 is 0 Å². The average Bonchev–Trinajstić information content (AvgIpc) is 2.56. The lowest BCUT2D eigenvalue weighted by Gasteiger charge is -2.34. The van der Waals surface area contributed by atoms with Gasteiger partial charge in [0.1, 0.15) is 0 Å². The molecular formula is C20H33NO2. The number of aliphatic hydroxyl groups is 1. The summed E-state index contributed by atoms with van der Waals surface area (Å²) in [6.07, 6.45) is 4.22. The second kappa shape index (κ2) is 8.81. The van der Waals surface area contributed by atoms with E-state index < -0.39 is 0 Å². The molecule has 23 heavy (non-hydrogen) atoms. The van der Waals surface area contributed by atoms with E-state index >= 15 is 0 Å². The van der Waals surface area contributed by atoms with E-state index in [4.69, 9.17) is 4.74 Å². The molecule has 1 N–H and O–H groups in total.